The maximum Gasteiger partial charge on any atom is 0.416 e. The van der Waals surface area contributed by atoms with Crippen LogP contribution in [0.2, 0.25) is 0 Å². The van der Waals surface area contributed by atoms with Crippen LogP contribution in [-0.2, 0) is 18.5 Å². The highest BCUT2D eigenvalue weighted by atomic mass is 79.9. The minimum absolute atomic E-state index is 0. The molecule has 3 aromatic carbocycles. The van der Waals surface area contributed by atoms with Crippen LogP contribution in [0, 0.1) is 0 Å². The van der Waals surface area contributed by atoms with Gasteiger partial charge in [-0.15, -0.1) is 0 Å². The Bertz CT molecular complexity index is 1410. The molecule has 0 amide bonds. The predicted octanol–water partition coefficient (Wildman–Crippen LogP) is 4.75. The smallest absolute Gasteiger partial charge is 0.416 e. The van der Waals surface area contributed by atoms with Gasteiger partial charge in [0.05, 0.1) is 22.9 Å². The van der Waals surface area contributed by atoms with E-state index in [2.05, 4.69) is 9.98 Å². The quantitative estimate of drug-likeness (QED) is 0.0724. The summed E-state index contributed by atoms with van der Waals surface area (Å²) in [5.41, 5.74) is 12.9. The number of nitrogens with zero attached hydrogens (tertiary/aromatic N) is 2. The Balaban J connectivity index is 0.00000833. The molecule has 0 aromatic heterocycles. The molecule has 0 saturated carbocycles. The van der Waals surface area contributed by atoms with Crippen LogP contribution < -0.4 is 50.1 Å². The van der Waals surface area contributed by atoms with E-state index in [-0.39, 0.29) is 51.0 Å². The van der Waals surface area contributed by atoms with Crippen LogP contribution in [0.5, 0.6) is 0 Å². The van der Waals surface area contributed by atoms with Crippen LogP contribution in [0.15, 0.2) is 82.8 Å². The minimum atomic E-state index is -4.78. The molecular weight excluding hydrogens is 748 g/mol. The van der Waals surface area contributed by atoms with Gasteiger partial charge >= 0.3 is 18.5 Å². The standard InChI is InChI=1S/C33H38F9N5P.BrH/c34-31(35,36)23-12-9-15-26(20-23)48(27-16-10-13-24(21-27)32(37,38)39,28-17-11-14-25(22-28)33(40,41)42)19-8-6-4-2-1-3-5-7-18-46-30(45)47-29(43)44;/h9-17,20-22H,1-8,18-19H2,(H6,43,44,45,46,47);1H/q+1;/p-1. The third-order valence-corrected chi connectivity index (χ3v) is 12.2. The lowest BCUT2D eigenvalue weighted by molar-refractivity contribution is -0.138. The zero-order valence-corrected chi connectivity index (χ0v) is 28.8. The molecule has 0 fully saturated rings. The summed E-state index contributed by atoms with van der Waals surface area (Å²) < 4.78 is 125. The number of halogens is 10. The molecule has 0 heterocycles. The summed E-state index contributed by atoms with van der Waals surface area (Å²) in [6, 6.07) is 12.7. The molecule has 0 bridgehead atoms. The highest BCUT2D eigenvalue weighted by molar-refractivity contribution is 7.95. The number of nitrogens with two attached hydrogens (primary N) is 3. The first-order valence-corrected chi connectivity index (χ1v) is 17.2. The highest BCUT2D eigenvalue weighted by Crippen LogP contribution is 2.57. The second-order valence-electron chi connectivity index (χ2n) is 11.3. The molecule has 270 valence electrons. The second kappa shape index (κ2) is 18.1. The lowest BCUT2D eigenvalue weighted by Crippen LogP contribution is -3.00. The maximum absolute atomic E-state index is 13.9. The molecule has 3 aromatic rings. The summed E-state index contributed by atoms with van der Waals surface area (Å²) in [7, 11) is -3.48. The molecule has 0 aliphatic heterocycles. The molecule has 49 heavy (non-hydrogen) atoms. The number of benzene rings is 3. The van der Waals surface area contributed by atoms with Crippen molar-refractivity contribution in [2.75, 3.05) is 12.7 Å². The molecule has 6 N–H and O–H groups in total. The predicted molar refractivity (Wildman–Crippen MR) is 174 cm³/mol. The van der Waals surface area contributed by atoms with Gasteiger partial charge in [0.1, 0.15) is 23.2 Å². The van der Waals surface area contributed by atoms with Crippen LogP contribution in [-0.4, -0.2) is 24.6 Å². The number of guanidine groups is 2. The van der Waals surface area contributed by atoms with Crippen LogP contribution >= 0.6 is 7.26 Å². The van der Waals surface area contributed by atoms with E-state index in [0.717, 1.165) is 93.1 Å². The third kappa shape index (κ3) is 12.2. The van der Waals surface area contributed by atoms with E-state index < -0.39 is 42.5 Å². The first kappa shape index (κ1) is 41.8. The van der Waals surface area contributed by atoms with Gasteiger partial charge in [-0.05, 0) is 73.9 Å². The van der Waals surface area contributed by atoms with Gasteiger partial charge in [0.25, 0.3) is 0 Å². The molecule has 0 unspecified atom stereocenters. The molecule has 0 saturated heterocycles. The number of unbranched alkanes of at least 4 members (excludes halogenated alkanes) is 7. The fourth-order valence-electron chi connectivity index (χ4n) is 5.48. The number of rotatable bonds is 14. The van der Waals surface area contributed by atoms with Crippen molar-refractivity contribution >= 4 is 35.1 Å². The van der Waals surface area contributed by atoms with Gasteiger partial charge in [-0.2, -0.15) is 44.5 Å². The van der Waals surface area contributed by atoms with Crippen molar-refractivity contribution < 1.29 is 56.5 Å². The van der Waals surface area contributed by atoms with Crippen molar-refractivity contribution in [3.8, 4) is 0 Å². The number of hydrogen-bond acceptors (Lipinski definition) is 1. The Kier molecular flexibility index (Phi) is 15.4. The molecule has 0 aliphatic rings. The van der Waals surface area contributed by atoms with Crippen molar-refractivity contribution in [3.63, 3.8) is 0 Å². The molecule has 0 aliphatic carbocycles. The maximum atomic E-state index is 13.9. The van der Waals surface area contributed by atoms with E-state index in [9.17, 15) is 39.5 Å². The third-order valence-electron chi connectivity index (χ3n) is 7.76. The van der Waals surface area contributed by atoms with Crippen molar-refractivity contribution in [2.45, 2.75) is 69.9 Å². The fraction of sp³-hybridized carbons (Fsp3) is 0.394. The van der Waals surface area contributed by atoms with E-state index in [1.165, 1.54) is 18.2 Å². The number of aliphatic imine (C=N–C) groups is 2. The van der Waals surface area contributed by atoms with Crippen molar-refractivity contribution in [2.24, 2.45) is 27.2 Å². The normalized spacial score (nSPS) is 12.8. The SMILES string of the molecule is NC(N)=NC(N)=NCCCCCCCCCC[P+](c1cccc(C(F)(F)F)c1)(c1cccc(C(F)(F)F)c1)c1cccc(C(F)(F)F)c1.[Br-]. The second-order valence-corrected chi connectivity index (χ2v) is 14.9. The zero-order valence-electron chi connectivity index (χ0n) is 26.4. The summed E-state index contributed by atoms with van der Waals surface area (Å²) in [5, 5.41) is 0.164. The summed E-state index contributed by atoms with van der Waals surface area (Å²) in [5.74, 6) is -0.190. The van der Waals surface area contributed by atoms with Gasteiger partial charge in [-0.25, -0.2) is 0 Å². The average Bonchev–Trinajstić information content (AvgIpc) is 3.00. The summed E-state index contributed by atoms with van der Waals surface area (Å²) >= 11 is 0. The lowest BCUT2D eigenvalue weighted by atomic mass is 10.1. The van der Waals surface area contributed by atoms with Crippen molar-refractivity contribution in [1.82, 2.24) is 0 Å². The molecule has 0 spiro atoms. The van der Waals surface area contributed by atoms with Crippen LogP contribution in [0.25, 0.3) is 0 Å². The Morgan fingerprint density at radius 1 is 0.531 bits per heavy atom. The van der Waals surface area contributed by atoms with Gasteiger partial charge in [0.2, 0.25) is 5.96 Å². The Morgan fingerprint density at radius 3 is 1.22 bits per heavy atom. The van der Waals surface area contributed by atoms with Crippen molar-refractivity contribution in [3.05, 3.63) is 89.5 Å². The minimum Gasteiger partial charge on any atom is -1.00 e. The van der Waals surface area contributed by atoms with E-state index in [4.69, 9.17) is 17.2 Å². The first-order chi connectivity index (χ1) is 22.4. The number of alkyl halides is 9. The lowest BCUT2D eigenvalue weighted by Gasteiger charge is -2.29. The van der Waals surface area contributed by atoms with E-state index >= 15 is 0 Å². The van der Waals surface area contributed by atoms with Crippen LogP contribution in [0.4, 0.5) is 39.5 Å². The van der Waals surface area contributed by atoms with Gasteiger partial charge in [-0.3, -0.25) is 4.99 Å². The average molecular weight is 787 g/mol. The van der Waals surface area contributed by atoms with E-state index in [1.54, 1.807) is 0 Å². The Morgan fingerprint density at radius 2 is 0.878 bits per heavy atom. The molecule has 3 rings (SSSR count). The van der Waals surface area contributed by atoms with E-state index in [1.807, 2.05) is 0 Å². The fourth-order valence-corrected chi connectivity index (χ4v) is 9.94. The monoisotopic (exact) mass is 785 g/mol. The first-order valence-electron chi connectivity index (χ1n) is 15.3. The van der Waals surface area contributed by atoms with Crippen LogP contribution in [0.1, 0.15) is 68.1 Å². The summed E-state index contributed by atoms with van der Waals surface area (Å²) in [6.07, 6.45) is -8.36. The molecule has 0 radical (unpaired) electrons. The van der Waals surface area contributed by atoms with Crippen LogP contribution in [0.3, 0.4) is 0 Å². The Labute approximate surface area is 290 Å². The topological polar surface area (TPSA) is 103 Å². The van der Waals surface area contributed by atoms with Gasteiger partial charge < -0.3 is 34.2 Å². The zero-order chi connectivity index (χ0) is 35.6. The molecule has 5 nitrogen and oxygen atoms in total. The highest BCUT2D eigenvalue weighted by Gasteiger charge is 2.48. The van der Waals surface area contributed by atoms with Gasteiger partial charge in [0.15, 0.2) is 5.96 Å². The molecule has 16 heteroatoms. The van der Waals surface area contributed by atoms with E-state index in [0.29, 0.717) is 19.4 Å². The number of hydrogen-bond donors (Lipinski definition) is 3. The molecular formula is C33H38BrF9N5P. The summed E-state index contributed by atoms with van der Waals surface area (Å²) in [6.45, 7) is 0.453. The molecule has 0 atom stereocenters. The summed E-state index contributed by atoms with van der Waals surface area (Å²) in [4.78, 5) is 7.67. The van der Waals surface area contributed by atoms with Crippen molar-refractivity contribution in [1.29, 1.82) is 0 Å². The van der Waals surface area contributed by atoms with Gasteiger partial charge in [0, 0.05) is 6.54 Å². The Hall–Kier alpha value is -3.32. The largest absolute Gasteiger partial charge is 1.00 e. The van der Waals surface area contributed by atoms with Gasteiger partial charge in [-0.1, -0.05) is 50.3 Å².